The monoisotopic (exact) mass is 302 g/mol. The van der Waals surface area contributed by atoms with Crippen molar-refractivity contribution in [3.63, 3.8) is 0 Å². The van der Waals surface area contributed by atoms with E-state index in [1.165, 1.54) is 25.1 Å². The summed E-state index contributed by atoms with van der Waals surface area (Å²) < 4.78 is 0. The Bertz CT molecular complexity index is 509. The third kappa shape index (κ3) is 4.44. The van der Waals surface area contributed by atoms with E-state index in [2.05, 4.69) is 5.32 Å². The zero-order chi connectivity index (χ0) is 15.3. The Morgan fingerprint density at radius 3 is 2.70 bits per heavy atom. The highest BCUT2D eigenvalue weighted by Crippen LogP contribution is 2.30. The Kier molecular flexibility index (Phi) is 5.87. The van der Waals surface area contributed by atoms with Gasteiger partial charge >= 0.3 is 0 Å². The first-order chi connectivity index (χ1) is 9.32. The number of rotatable bonds is 6. The summed E-state index contributed by atoms with van der Waals surface area (Å²) in [6, 6.07) is 3.74. The SMILES string of the molecule is CC(=O)NCCC(O)C(O)c1cc(Cl)ccc1[N+](=O)[O-]. The van der Waals surface area contributed by atoms with E-state index in [1.54, 1.807) is 0 Å². The summed E-state index contributed by atoms with van der Waals surface area (Å²) >= 11 is 5.74. The topological polar surface area (TPSA) is 113 Å². The number of amides is 1. The summed E-state index contributed by atoms with van der Waals surface area (Å²) in [6.07, 6.45) is -2.65. The molecule has 8 heteroatoms. The zero-order valence-electron chi connectivity index (χ0n) is 10.7. The summed E-state index contributed by atoms with van der Waals surface area (Å²) in [4.78, 5) is 20.9. The Morgan fingerprint density at radius 2 is 2.15 bits per heavy atom. The van der Waals surface area contributed by atoms with Crippen molar-refractivity contribution in [3.8, 4) is 0 Å². The molecule has 3 N–H and O–H groups in total. The molecule has 0 saturated heterocycles. The lowest BCUT2D eigenvalue weighted by Crippen LogP contribution is -2.28. The molecule has 0 aliphatic carbocycles. The van der Waals surface area contributed by atoms with Crippen LogP contribution < -0.4 is 5.32 Å². The third-order valence-corrected chi connectivity index (χ3v) is 2.92. The number of benzene rings is 1. The van der Waals surface area contributed by atoms with E-state index in [1.807, 2.05) is 0 Å². The fourth-order valence-corrected chi connectivity index (χ4v) is 1.87. The van der Waals surface area contributed by atoms with Crippen LogP contribution >= 0.6 is 11.6 Å². The van der Waals surface area contributed by atoms with Gasteiger partial charge in [0.2, 0.25) is 5.91 Å². The molecule has 0 heterocycles. The summed E-state index contributed by atoms with van der Waals surface area (Å²) in [6.45, 7) is 1.48. The van der Waals surface area contributed by atoms with E-state index in [0.717, 1.165) is 0 Å². The molecule has 2 unspecified atom stereocenters. The fourth-order valence-electron chi connectivity index (χ4n) is 1.69. The van der Waals surface area contributed by atoms with Crippen LogP contribution in [0.3, 0.4) is 0 Å². The molecular formula is C12H15ClN2O5. The summed E-state index contributed by atoms with van der Waals surface area (Å²) in [5.74, 6) is -0.263. The van der Waals surface area contributed by atoms with E-state index < -0.39 is 17.1 Å². The molecule has 1 aromatic rings. The Morgan fingerprint density at radius 1 is 1.50 bits per heavy atom. The first kappa shape index (κ1) is 16.4. The Labute approximate surface area is 120 Å². The first-order valence-corrected chi connectivity index (χ1v) is 6.25. The van der Waals surface area contributed by atoms with E-state index in [9.17, 15) is 25.1 Å². The van der Waals surface area contributed by atoms with Gasteiger partial charge in [0.05, 0.1) is 16.6 Å². The zero-order valence-corrected chi connectivity index (χ0v) is 11.5. The lowest BCUT2D eigenvalue weighted by atomic mass is 10.0. The number of nitro groups is 1. The third-order valence-electron chi connectivity index (χ3n) is 2.68. The second-order valence-electron chi connectivity index (χ2n) is 4.24. The highest BCUT2D eigenvalue weighted by Gasteiger charge is 2.26. The normalized spacial score (nSPS) is 13.6. The van der Waals surface area contributed by atoms with Crippen molar-refractivity contribution < 1.29 is 19.9 Å². The number of carbonyl (C=O) groups is 1. The minimum Gasteiger partial charge on any atom is -0.390 e. The maximum Gasteiger partial charge on any atom is 0.275 e. The predicted octanol–water partition coefficient (Wildman–Crippen LogP) is 1.17. The van der Waals surface area contributed by atoms with E-state index in [4.69, 9.17) is 11.6 Å². The number of nitrogens with one attached hydrogen (secondary N) is 1. The van der Waals surface area contributed by atoms with Crippen molar-refractivity contribution in [3.05, 3.63) is 38.9 Å². The molecule has 0 bridgehead atoms. The second-order valence-corrected chi connectivity index (χ2v) is 4.68. The minimum absolute atomic E-state index is 0.0576. The maximum atomic E-state index is 10.9. The number of carbonyl (C=O) groups excluding carboxylic acids is 1. The molecule has 2 atom stereocenters. The van der Waals surface area contributed by atoms with Gasteiger partial charge in [-0.3, -0.25) is 14.9 Å². The van der Waals surface area contributed by atoms with Crippen LogP contribution in [0, 0.1) is 10.1 Å². The van der Waals surface area contributed by atoms with Crippen LogP contribution in [0.5, 0.6) is 0 Å². The van der Waals surface area contributed by atoms with Crippen molar-refractivity contribution in [1.82, 2.24) is 5.32 Å². The molecule has 7 nitrogen and oxygen atoms in total. The molecule has 0 aromatic heterocycles. The van der Waals surface area contributed by atoms with Crippen molar-refractivity contribution >= 4 is 23.2 Å². The smallest absolute Gasteiger partial charge is 0.275 e. The molecular weight excluding hydrogens is 288 g/mol. The van der Waals surface area contributed by atoms with Crippen LogP contribution in [0.2, 0.25) is 5.02 Å². The van der Waals surface area contributed by atoms with E-state index in [0.29, 0.717) is 0 Å². The minimum atomic E-state index is -1.46. The van der Waals surface area contributed by atoms with Gasteiger partial charge in [0.15, 0.2) is 0 Å². The molecule has 0 fully saturated rings. The van der Waals surface area contributed by atoms with Gasteiger partial charge in [-0.05, 0) is 18.6 Å². The standard InChI is InChI=1S/C12H15ClN2O5/c1-7(16)14-5-4-11(17)12(18)9-6-8(13)2-3-10(9)15(19)20/h2-3,6,11-12,17-18H,4-5H2,1H3,(H,14,16). The molecule has 0 aliphatic rings. The molecule has 1 amide bonds. The molecule has 1 rings (SSSR count). The summed E-state index contributed by atoms with van der Waals surface area (Å²) in [5, 5.41) is 33.4. The van der Waals surface area contributed by atoms with Crippen molar-refractivity contribution in [2.24, 2.45) is 0 Å². The number of aliphatic hydroxyl groups excluding tert-OH is 2. The van der Waals surface area contributed by atoms with Crippen LogP contribution in [-0.4, -0.2) is 33.7 Å². The van der Waals surface area contributed by atoms with Gasteiger partial charge < -0.3 is 15.5 Å². The average molecular weight is 303 g/mol. The van der Waals surface area contributed by atoms with Crippen LogP contribution in [0.15, 0.2) is 18.2 Å². The largest absolute Gasteiger partial charge is 0.390 e. The lowest BCUT2D eigenvalue weighted by molar-refractivity contribution is -0.386. The number of hydrogen-bond donors (Lipinski definition) is 3. The quantitative estimate of drug-likeness (QED) is 0.539. The molecule has 0 spiro atoms. The van der Waals surface area contributed by atoms with Gasteiger partial charge in [0.1, 0.15) is 6.10 Å². The van der Waals surface area contributed by atoms with Crippen molar-refractivity contribution in [2.75, 3.05) is 6.54 Å². The van der Waals surface area contributed by atoms with Crippen LogP contribution in [0.25, 0.3) is 0 Å². The van der Waals surface area contributed by atoms with Crippen LogP contribution in [-0.2, 0) is 4.79 Å². The van der Waals surface area contributed by atoms with Gasteiger partial charge in [-0.2, -0.15) is 0 Å². The molecule has 0 radical (unpaired) electrons. The molecule has 0 aliphatic heterocycles. The number of halogens is 1. The second kappa shape index (κ2) is 7.18. The van der Waals surface area contributed by atoms with Crippen molar-refractivity contribution in [2.45, 2.75) is 25.6 Å². The summed E-state index contributed by atoms with van der Waals surface area (Å²) in [7, 11) is 0. The number of nitrogens with zero attached hydrogens (tertiary/aromatic N) is 1. The van der Waals surface area contributed by atoms with Crippen molar-refractivity contribution in [1.29, 1.82) is 0 Å². The lowest BCUT2D eigenvalue weighted by Gasteiger charge is -2.18. The predicted molar refractivity (Wildman–Crippen MR) is 72.4 cm³/mol. The van der Waals surface area contributed by atoms with Gasteiger partial charge in [0.25, 0.3) is 5.69 Å². The van der Waals surface area contributed by atoms with Gasteiger partial charge in [0, 0.05) is 24.6 Å². The fraction of sp³-hybridized carbons (Fsp3) is 0.417. The van der Waals surface area contributed by atoms with Crippen LogP contribution in [0.1, 0.15) is 25.0 Å². The van der Waals surface area contributed by atoms with Gasteiger partial charge in [-0.25, -0.2) is 0 Å². The number of hydrogen-bond acceptors (Lipinski definition) is 5. The molecule has 110 valence electrons. The van der Waals surface area contributed by atoms with Gasteiger partial charge in [-0.1, -0.05) is 11.6 Å². The van der Waals surface area contributed by atoms with Gasteiger partial charge in [-0.15, -0.1) is 0 Å². The highest BCUT2D eigenvalue weighted by atomic mass is 35.5. The maximum absolute atomic E-state index is 10.9. The molecule has 20 heavy (non-hydrogen) atoms. The molecule has 1 aromatic carbocycles. The first-order valence-electron chi connectivity index (χ1n) is 5.87. The Hall–Kier alpha value is -1.70. The average Bonchev–Trinajstić information content (AvgIpc) is 2.36. The molecule has 0 saturated carbocycles. The van der Waals surface area contributed by atoms with E-state index in [-0.39, 0.29) is 35.1 Å². The van der Waals surface area contributed by atoms with Crippen LogP contribution in [0.4, 0.5) is 5.69 Å². The highest BCUT2D eigenvalue weighted by molar-refractivity contribution is 6.30. The number of nitro benzene ring substituents is 1. The number of aliphatic hydroxyl groups is 2. The Balaban J connectivity index is 2.84. The van der Waals surface area contributed by atoms with E-state index >= 15 is 0 Å². The summed E-state index contributed by atoms with van der Waals surface area (Å²) in [5.41, 5.74) is -0.377.